The van der Waals surface area contributed by atoms with Gasteiger partial charge in [0, 0.05) is 30.0 Å². The monoisotopic (exact) mass is 189 g/mol. The third-order valence-electron chi connectivity index (χ3n) is 2.61. The number of imidazole rings is 1. The molecule has 0 saturated carbocycles. The van der Waals surface area contributed by atoms with Gasteiger partial charge in [-0.2, -0.15) is 0 Å². The van der Waals surface area contributed by atoms with Crippen molar-refractivity contribution in [2.24, 2.45) is 5.73 Å². The largest absolute Gasteiger partial charge is 0.330 e. The smallest absolute Gasteiger partial charge is 0.137 e. The van der Waals surface area contributed by atoms with Crippen LogP contribution < -0.4 is 5.73 Å². The summed E-state index contributed by atoms with van der Waals surface area (Å²) in [5.74, 6) is 0.353. The maximum atomic E-state index is 5.66. The van der Waals surface area contributed by atoms with Crippen molar-refractivity contribution < 1.29 is 0 Å². The van der Waals surface area contributed by atoms with Gasteiger partial charge in [0.1, 0.15) is 5.65 Å². The topological polar surface area (TPSA) is 43.3 Å². The van der Waals surface area contributed by atoms with Crippen LogP contribution in [0.4, 0.5) is 0 Å². The van der Waals surface area contributed by atoms with Crippen molar-refractivity contribution in [1.29, 1.82) is 0 Å². The number of hydrogen-bond donors (Lipinski definition) is 1. The molecule has 0 aliphatic rings. The maximum Gasteiger partial charge on any atom is 0.137 e. The molecule has 0 aliphatic carbocycles. The van der Waals surface area contributed by atoms with Crippen molar-refractivity contribution >= 4 is 5.65 Å². The number of hydrogen-bond acceptors (Lipinski definition) is 2. The fourth-order valence-corrected chi connectivity index (χ4v) is 1.70. The van der Waals surface area contributed by atoms with Crippen LogP contribution >= 0.6 is 0 Å². The van der Waals surface area contributed by atoms with Crippen molar-refractivity contribution in [3.05, 3.63) is 35.8 Å². The number of nitrogens with two attached hydrogens (primary N) is 1. The maximum absolute atomic E-state index is 5.66. The van der Waals surface area contributed by atoms with Crippen molar-refractivity contribution in [3.8, 4) is 0 Å². The Hall–Kier alpha value is -1.35. The number of aryl methyl sites for hydroxylation is 1. The molecule has 0 saturated heterocycles. The number of aromatic nitrogens is 2. The van der Waals surface area contributed by atoms with E-state index in [2.05, 4.69) is 29.3 Å². The predicted molar refractivity (Wildman–Crippen MR) is 57.4 cm³/mol. The average Bonchev–Trinajstić information content (AvgIpc) is 2.62. The van der Waals surface area contributed by atoms with E-state index in [0.717, 1.165) is 5.65 Å². The van der Waals surface area contributed by atoms with Crippen LogP contribution in [0.3, 0.4) is 0 Å². The van der Waals surface area contributed by atoms with E-state index in [1.165, 1.54) is 11.4 Å². The highest BCUT2D eigenvalue weighted by Crippen LogP contribution is 2.17. The molecule has 74 valence electrons. The van der Waals surface area contributed by atoms with E-state index in [9.17, 15) is 0 Å². The summed E-state index contributed by atoms with van der Waals surface area (Å²) in [6.07, 6.45) is 1.92. The average molecular weight is 189 g/mol. The number of pyridine rings is 1. The molecule has 2 rings (SSSR count). The Labute approximate surface area is 83.6 Å². The molecule has 2 aromatic heterocycles. The van der Waals surface area contributed by atoms with Gasteiger partial charge in [0.2, 0.25) is 0 Å². The fourth-order valence-electron chi connectivity index (χ4n) is 1.70. The van der Waals surface area contributed by atoms with Gasteiger partial charge in [-0.25, -0.2) is 4.98 Å². The molecule has 0 radical (unpaired) electrons. The van der Waals surface area contributed by atoms with Crippen LogP contribution in [0.2, 0.25) is 0 Å². The Morgan fingerprint density at radius 3 is 3.00 bits per heavy atom. The Bertz CT molecular complexity index is 445. The first-order chi connectivity index (χ1) is 6.74. The van der Waals surface area contributed by atoms with E-state index in [1.807, 2.05) is 18.3 Å². The van der Waals surface area contributed by atoms with Crippen molar-refractivity contribution in [2.45, 2.75) is 19.8 Å². The van der Waals surface area contributed by atoms with Crippen LogP contribution in [-0.4, -0.2) is 15.9 Å². The van der Waals surface area contributed by atoms with Crippen molar-refractivity contribution in [1.82, 2.24) is 9.38 Å². The van der Waals surface area contributed by atoms with Gasteiger partial charge in [0.15, 0.2) is 0 Å². The van der Waals surface area contributed by atoms with Gasteiger partial charge < -0.3 is 10.1 Å². The molecular formula is C11H15N3. The molecule has 0 fully saturated rings. The summed E-state index contributed by atoms with van der Waals surface area (Å²) >= 11 is 0. The molecule has 0 spiro atoms. The molecule has 1 unspecified atom stereocenters. The summed E-state index contributed by atoms with van der Waals surface area (Å²) in [6, 6.07) is 6.12. The second-order valence-electron chi connectivity index (χ2n) is 3.68. The van der Waals surface area contributed by atoms with Crippen LogP contribution in [0.5, 0.6) is 0 Å². The van der Waals surface area contributed by atoms with Crippen LogP contribution in [0.1, 0.15) is 24.2 Å². The molecule has 2 heterocycles. The summed E-state index contributed by atoms with van der Waals surface area (Å²) in [5.41, 5.74) is 9.06. The molecule has 0 aromatic carbocycles. The molecule has 3 nitrogen and oxygen atoms in total. The molecular weight excluding hydrogens is 174 g/mol. The van der Waals surface area contributed by atoms with Gasteiger partial charge in [0.25, 0.3) is 0 Å². The lowest BCUT2D eigenvalue weighted by molar-refractivity contribution is 0.731. The Balaban J connectivity index is 2.67. The number of rotatable bonds is 2. The molecule has 0 bridgehead atoms. The van der Waals surface area contributed by atoms with E-state index >= 15 is 0 Å². The zero-order valence-corrected chi connectivity index (χ0v) is 8.57. The van der Waals surface area contributed by atoms with E-state index in [-0.39, 0.29) is 0 Å². The van der Waals surface area contributed by atoms with Gasteiger partial charge >= 0.3 is 0 Å². The van der Waals surface area contributed by atoms with Gasteiger partial charge in [0.05, 0.1) is 0 Å². The lowest BCUT2D eigenvalue weighted by atomic mass is 10.1. The lowest BCUT2D eigenvalue weighted by Gasteiger charge is -2.09. The first kappa shape index (κ1) is 9.21. The van der Waals surface area contributed by atoms with Crippen molar-refractivity contribution in [3.63, 3.8) is 0 Å². The minimum atomic E-state index is 0.353. The quantitative estimate of drug-likeness (QED) is 0.781. The first-order valence-corrected chi connectivity index (χ1v) is 4.87. The van der Waals surface area contributed by atoms with Gasteiger partial charge in [-0.05, 0) is 19.1 Å². The van der Waals surface area contributed by atoms with E-state index < -0.39 is 0 Å². The summed E-state index contributed by atoms with van der Waals surface area (Å²) in [4.78, 5) is 4.36. The molecule has 2 aromatic rings. The molecule has 2 N–H and O–H groups in total. The SMILES string of the molecule is Cc1cccc2ncc(C(C)CN)n12. The normalized spacial score (nSPS) is 13.4. The van der Waals surface area contributed by atoms with Crippen LogP contribution in [0.15, 0.2) is 24.4 Å². The number of fused-ring (bicyclic) bond motifs is 1. The highest BCUT2D eigenvalue weighted by atomic mass is 15.0. The summed E-state index contributed by atoms with van der Waals surface area (Å²) in [6.45, 7) is 4.86. The minimum Gasteiger partial charge on any atom is -0.330 e. The Kier molecular flexibility index (Phi) is 2.25. The molecule has 0 aliphatic heterocycles. The summed E-state index contributed by atoms with van der Waals surface area (Å²) in [5, 5.41) is 0. The van der Waals surface area contributed by atoms with Crippen molar-refractivity contribution in [2.75, 3.05) is 6.54 Å². The third-order valence-corrected chi connectivity index (χ3v) is 2.61. The predicted octanol–water partition coefficient (Wildman–Crippen LogP) is 1.70. The highest BCUT2D eigenvalue weighted by molar-refractivity contribution is 5.42. The second-order valence-corrected chi connectivity index (χ2v) is 3.68. The molecule has 14 heavy (non-hydrogen) atoms. The summed E-state index contributed by atoms with van der Waals surface area (Å²) in [7, 11) is 0. The molecule has 0 amide bonds. The van der Waals surface area contributed by atoms with Crippen LogP contribution in [-0.2, 0) is 0 Å². The van der Waals surface area contributed by atoms with E-state index in [0.29, 0.717) is 12.5 Å². The Morgan fingerprint density at radius 2 is 2.29 bits per heavy atom. The molecule has 3 heteroatoms. The van der Waals surface area contributed by atoms with Crippen LogP contribution in [0, 0.1) is 6.92 Å². The van der Waals surface area contributed by atoms with Gasteiger partial charge in [-0.15, -0.1) is 0 Å². The number of nitrogens with zero attached hydrogens (tertiary/aromatic N) is 2. The first-order valence-electron chi connectivity index (χ1n) is 4.87. The lowest BCUT2D eigenvalue weighted by Crippen LogP contribution is -2.11. The van der Waals surface area contributed by atoms with E-state index in [1.54, 1.807) is 0 Å². The Morgan fingerprint density at radius 1 is 1.50 bits per heavy atom. The molecule has 1 atom stereocenters. The zero-order valence-electron chi connectivity index (χ0n) is 8.57. The fraction of sp³-hybridized carbons (Fsp3) is 0.364. The minimum absolute atomic E-state index is 0.353. The second kappa shape index (κ2) is 3.42. The van der Waals surface area contributed by atoms with Crippen LogP contribution in [0.25, 0.3) is 5.65 Å². The van der Waals surface area contributed by atoms with Gasteiger partial charge in [-0.1, -0.05) is 13.0 Å². The third kappa shape index (κ3) is 1.30. The summed E-state index contributed by atoms with van der Waals surface area (Å²) < 4.78 is 2.16. The van der Waals surface area contributed by atoms with Gasteiger partial charge in [-0.3, -0.25) is 0 Å². The standard InChI is InChI=1S/C11H15N3/c1-8(6-12)10-7-13-11-5-3-4-9(2)14(10)11/h3-5,7-8H,6,12H2,1-2H3. The van der Waals surface area contributed by atoms with E-state index in [4.69, 9.17) is 5.73 Å². The zero-order chi connectivity index (χ0) is 10.1. The highest BCUT2D eigenvalue weighted by Gasteiger charge is 2.10.